The van der Waals surface area contributed by atoms with Crippen molar-refractivity contribution < 1.29 is 4.74 Å². The number of hydrogen-bond donors (Lipinski definition) is 0. The highest BCUT2D eigenvalue weighted by atomic mass is 16.5. The van der Waals surface area contributed by atoms with Crippen LogP contribution in [0.1, 0.15) is 64.1 Å². The Hall–Kier alpha value is -1.16. The molecule has 0 radical (unpaired) electrons. The van der Waals surface area contributed by atoms with E-state index < -0.39 is 0 Å². The SMILES string of the molecule is CC(C)(C)N1Cc2cnc(OC3CCCCC3)nc2C1. The number of aromatic nitrogens is 2. The van der Waals surface area contributed by atoms with Gasteiger partial charge in [-0.05, 0) is 46.5 Å². The van der Waals surface area contributed by atoms with Gasteiger partial charge in [-0.15, -0.1) is 0 Å². The summed E-state index contributed by atoms with van der Waals surface area (Å²) in [6.07, 6.45) is 8.45. The number of nitrogens with zero attached hydrogens (tertiary/aromatic N) is 3. The summed E-state index contributed by atoms with van der Waals surface area (Å²) in [5, 5.41) is 0. The summed E-state index contributed by atoms with van der Waals surface area (Å²) in [5.41, 5.74) is 2.56. The van der Waals surface area contributed by atoms with Gasteiger partial charge in [-0.3, -0.25) is 4.90 Å². The Kier molecular flexibility index (Phi) is 3.67. The molecular formula is C16H25N3O. The van der Waals surface area contributed by atoms with E-state index in [1.165, 1.54) is 24.8 Å². The topological polar surface area (TPSA) is 38.2 Å². The van der Waals surface area contributed by atoms with E-state index in [0.29, 0.717) is 12.1 Å². The van der Waals surface area contributed by atoms with E-state index in [-0.39, 0.29) is 5.54 Å². The third kappa shape index (κ3) is 2.95. The molecule has 0 bridgehead atoms. The Labute approximate surface area is 121 Å². The standard InChI is InChI=1S/C16H25N3O/c1-16(2,3)19-10-12-9-17-15(18-14(12)11-19)20-13-7-5-4-6-8-13/h9,13H,4-8,10-11H2,1-3H3. The van der Waals surface area contributed by atoms with Crippen LogP contribution in [0.25, 0.3) is 0 Å². The van der Waals surface area contributed by atoms with Gasteiger partial charge in [0.1, 0.15) is 6.10 Å². The van der Waals surface area contributed by atoms with Crippen LogP contribution in [-0.4, -0.2) is 26.5 Å². The van der Waals surface area contributed by atoms with E-state index in [4.69, 9.17) is 4.74 Å². The molecule has 1 fully saturated rings. The zero-order valence-electron chi connectivity index (χ0n) is 12.9. The maximum Gasteiger partial charge on any atom is 0.316 e. The molecule has 0 N–H and O–H groups in total. The van der Waals surface area contributed by atoms with Crippen molar-refractivity contribution in [1.82, 2.24) is 14.9 Å². The monoisotopic (exact) mass is 275 g/mol. The van der Waals surface area contributed by atoms with Crippen LogP contribution >= 0.6 is 0 Å². The summed E-state index contributed by atoms with van der Waals surface area (Å²) in [5.74, 6) is 0. The molecule has 0 aromatic carbocycles. The largest absolute Gasteiger partial charge is 0.460 e. The van der Waals surface area contributed by atoms with Crippen LogP contribution in [0.15, 0.2) is 6.20 Å². The van der Waals surface area contributed by atoms with Crippen molar-refractivity contribution in [2.24, 2.45) is 0 Å². The minimum Gasteiger partial charge on any atom is -0.460 e. The van der Waals surface area contributed by atoms with Gasteiger partial charge < -0.3 is 4.74 Å². The van der Waals surface area contributed by atoms with Crippen LogP contribution in [-0.2, 0) is 13.1 Å². The number of hydrogen-bond acceptors (Lipinski definition) is 4. The van der Waals surface area contributed by atoms with Gasteiger partial charge in [-0.1, -0.05) is 6.42 Å². The molecular weight excluding hydrogens is 250 g/mol. The zero-order chi connectivity index (χ0) is 14.2. The molecule has 2 heterocycles. The van der Waals surface area contributed by atoms with Crippen molar-refractivity contribution in [1.29, 1.82) is 0 Å². The molecule has 0 atom stereocenters. The molecule has 0 saturated heterocycles. The van der Waals surface area contributed by atoms with Crippen LogP contribution in [0, 0.1) is 0 Å². The van der Waals surface area contributed by atoms with Crippen LogP contribution in [0.4, 0.5) is 0 Å². The van der Waals surface area contributed by atoms with E-state index in [1.807, 2.05) is 6.20 Å². The Morgan fingerprint density at radius 1 is 1.15 bits per heavy atom. The van der Waals surface area contributed by atoms with Crippen molar-refractivity contribution in [2.45, 2.75) is 77.6 Å². The molecule has 0 unspecified atom stereocenters. The first-order valence-electron chi connectivity index (χ1n) is 7.79. The maximum atomic E-state index is 5.96. The highest BCUT2D eigenvalue weighted by Crippen LogP contribution is 2.29. The van der Waals surface area contributed by atoms with E-state index in [1.54, 1.807) is 0 Å². The lowest BCUT2D eigenvalue weighted by atomic mass is 9.98. The summed E-state index contributed by atoms with van der Waals surface area (Å²) in [4.78, 5) is 11.5. The van der Waals surface area contributed by atoms with Crippen LogP contribution < -0.4 is 4.74 Å². The van der Waals surface area contributed by atoms with Crippen molar-refractivity contribution in [3.8, 4) is 6.01 Å². The van der Waals surface area contributed by atoms with E-state index >= 15 is 0 Å². The molecule has 1 aromatic rings. The molecule has 3 rings (SSSR count). The quantitative estimate of drug-likeness (QED) is 0.830. The fraction of sp³-hybridized carbons (Fsp3) is 0.750. The number of rotatable bonds is 2. The van der Waals surface area contributed by atoms with Crippen molar-refractivity contribution in [3.63, 3.8) is 0 Å². The van der Waals surface area contributed by atoms with E-state index in [9.17, 15) is 0 Å². The van der Waals surface area contributed by atoms with Crippen LogP contribution in [0.3, 0.4) is 0 Å². The van der Waals surface area contributed by atoms with Gasteiger partial charge in [0.15, 0.2) is 0 Å². The van der Waals surface area contributed by atoms with Crippen LogP contribution in [0.5, 0.6) is 6.01 Å². The predicted molar refractivity (Wildman–Crippen MR) is 78.5 cm³/mol. The first kappa shape index (κ1) is 13.8. The molecule has 1 aliphatic carbocycles. The van der Waals surface area contributed by atoms with E-state index in [2.05, 4.69) is 35.6 Å². The first-order chi connectivity index (χ1) is 9.52. The smallest absolute Gasteiger partial charge is 0.316 e. The summed E-state index contributed by atoms with van der Waals surface area (Å²) in [6, 6.07) is 0.575. The van der Waals surface area contributed by atoms with Gasteiger partial charge in [0.2, 0.25) is 0 Å². The average Bonchev–Trinajstić information content (AvgIpc) is 2.83. The molecule has 110 valence electrons. The van der Waals surface area contributed by atoms with Crippen molar-refractivity contribution in [3.05, 3.63) is 17.5 Å². The second kappa shape index (κ2) is 5.32. The first-order valence-corrected chi connectivity index (χ1v) is 7.79. The number of fused-ring (bicyclic) bond motifs is 1. The summed E-state index contributed by atoms with van der Waals surface area (Å²) in [6.45, 7) is 8.58. The molecule has 4 heteroatoms. The van der Waals surface area contributed by atoms with Gasteiger partial charge in [0, 0.05) is 30.4 Å². The molecule has 0 amide bonds. The maximum absolute atomic E-state index is 5.96. The molecule has 20 heavy (non-hydrogen) atoms. The number of ether oxygens (including phenoxy) is 1. The van der Waals surface area contributed by atoms with Gasteiger partial charge in [-0.25, -0.2) is 4.98 Å². The lowest BCUT2D eigenvalue weighted by Crippen LogP contribution is -2.36. The second-order valence-electron chi connectivity index (χ2n) is 7.03. The van der Waals surface area contributed by atoms with Gasteiger partial charge >= 0.3 is 6.01 Å². The fourth-order valence-electron chi connectivity index (χ4n) is 3.00. The molecule has 4 nitrogen and oxygen atoms in total. The van der Waals surface area contributed by atoms with Gasteiger partial charge in [-0.2, -0.15) is 4.98 Å². The zero-order valence-corrected chi connectivity index (χ0v) is 12.9. The van der Waals surface area contributed by atoms with Gasteiger partial charge in [0.05, 0.1) is 5.69 Å². The van der Waals surface area contributed by atoms with E-state index in [0.717, 1.165) is 31.6 Å². The third-order valence-corrected chi connectivity index (χ3v) is 4.41. The normalized spacial score (nSPS) is 20.9. The molecule has 2 aliphatic rings. The Balaban J connectivity index is 1.69. The van der Waals surface area contributed by atoms with Crippen LogP contribution in [0.2, 0.25) is 0 Å². The molecule has 1 aliphatic heterocycles. The third-order valence-electron chi connectivity index (χ3n) is 4.41. The fourth-order valence-corrected chi connectivity index (χ4v) is 3.00. The highest BCUT2D eigenvalue weighted by Gasteiger charge is 2.29. The van der Waals surface area contributed by atoms with Gasteiger partial charge in [0.25, 0.3) is 0 Å². The Morgan fingerprint density at radius 2 is 1.90 bits per heavy atom. The summed E-state index contributed by atoms with van der Waals surface area (Å²) >= 11 is 0. The summed E-state index contributed by atoms with van der Waals surface area (Å²) in [7, 11) is 0. The minimum atomic E-state index is 0.172. The molecule has 0 spiro atoms. The minimum absolute atomic E-state index is 0.172. The average molecular weight is 275 g/mol. The summed E-state index contributed by atoms with van der Waals surface area (Å²) < 4.78 is 5.96. The van der Waals surface area contributed by atoms with Crippen molar-refractivity contribution in [2.75, 3.05) is 0 Å². The highest BCUT2D eigenvalue weighted by molar-refractivity contribution is 5.24. The van der Waals surface area contributed by atoms with Crippen molar-refractivity contribution >= 4 is 0 Å². The molecule has 1 aromatic heterocycles. The lowest BCUT2D eigenvalue weighted by molar-refractivity contribution is 0.133. The second-order valence-corrected chi connectivity index (χ2v) is 7.03. The predicted octanol–water partition coefficient (Wildman–Crippen LogP) is 3.30. The molecule has 1 saturated carbocycles. The lowest BCUT2D eigenvalue weighted by Gasteiger charge is -2.30. The Morgan fingerprint density at radius 3 is 2.60 bits per heavy atom. The Bertz CT molecular complexity index is 475.